The summed E-state index contributed by atoms with van der Waals surface area (Å²) in [4.78, 5) is 0. The molecule has 109 valence electrons. The van der Waals surface area contributed by atoms with Gasteiger partial charge in [-0.1, -0.05) is 0 Å². The van der Waals surface area contributed by atoms with E-state index in [2.05, 4.69) is 75.8 Å². The van der Waals surface area contributed by atoms with Gasteiger partial charge in [0, 0.05) is 0 Å². The molecule has 0 fully saturated rings. The molecule has 19 heavy (non-hydrogen) atoms. The first-order valence-electron chi connectivity index (χ1n) is 6.50. The van der Waals surface area contributed by atoms with E-state index in [0.29, 0.717) is 5.04 Å². The molecule has 1 aliphatic carbocycles. The molecule has 0 spiro atoms. The number of rotatable bonds is 0. The minimum atomic E-state index is 0. The van der Waals surface area contributed by atoms with E-state index < -0.39 is 0 Å². The molecule has 0 aromatic rings. The molecule has 0 saturated carbocycles. The van der Waals surface area contributed by atoms with Crippen LogP contribution in [0.25, 0.3) is 0 Å². The van der Waals surface area contributed by atoms with Crippen LogP contribution in [-0.2, 0) is 20.4 Å². The van der Waals surface area contributed by atoms with Crippen LogP contribution in [0.15, 0.2) is 20.6 Å². The van der Waals surface area contributed by atoms with Crippen LogP contribution in [0.1, 0.15) is 55.4 Å². The quantitative estimate of drug-likeness (QED) is 0.432. The van der Waals surface area contributed by atoms with Gasteiger partial charge in [0.15, 0.2) is 0 Å². The van der Waals surface area contributed by atoms with Gasteiger partial charge < -0.3 is 24.8 Å². The van der Waals surface area contributed by atoms with E-state index in [1.807, 2.05) is 0 Å². The summed E-state index contributed by atoms with van der Waals surface area (Å²) < 4.78 is 1.62. The van der Waals surface area contributed by atoms with Crippen LogP contribution in [0.4, 0.5) is 0 Å². The Hall–Kier alpha value is 0.991. The second-order valence-corrected chi connectivity index (χ2v) is 10.7. The van der Waals surface area contributed by atoms with Gasteiger partial charge in [0.1, 0.15) is 0 Å². The Labute approximate surface area is 146 Å². The molecule has 0 heterocycles. The molecule has 1 unspecified atom stereocenters. The minimum absolute atomic E-state index is 0. The summed E-state index contributed by atoms with van der Waals surface area (Å²) in [5.74, 6) is 0. The molecule has 0 nitrogen and oxygen atoms in total. The van der Waals surface area contributed by atoms with Gasteiger partial charge in [-0.2, -0.15) is 0 Å². The van der Waals surface area contributed by atoms with Gasteiger partial charge in [-0.25, -0.2) is 0 Å². The Balaban J connectivity index is 0. The minimum Gasteiger partial charge on any atom is -1.00 e. The van der Waals surface area contributed by atoms with Gasteiger partial charge in [-0.05, 0) is 0 Å². The van der Waals surface area contributed by atoms with Crippen LogP contribution in [0, 0.1) is 10.8 Å². The third-order valence-electron chi connectivity index (χ3n) is 3.94. The van der Waals surface area contributed by atoms with Gasteiger partial charge in [-0.15, -0.1) is 0 Å². The van der Waals surface area contributed by atoms with Crippen LogP contribution in [0.3, 0.4) is 0 Å². The number of allylic oxidation sites excluding steroid dienone is 4. The van der Waals surface area contributed by atoms with Crippen molar-refractivity contribution in [3.8, 4) is 0 Å². The Morgan fingerprint density at radius 3 is 1.42 bits per heavy atom. The first-order valence-corrected chi connectivity index (χ1v) is 8.28. The van der Waals surface area contributed by atoms with Crippen molar-refractivity contribution >= 4 is 10.2 Å². The zero-order valence-electron chi connectivity index (χ0n) is 13.8. The maximum absolute atomic E-state index is 2.42. The smallest absolute Gasteiger partial charge is 1.00 e. The van der Waals surface area contributed by atoms with Gasteiger partial charge in [0.25, 0.3) is 0 Å². The Morgan fingerprint density at radius 2 is 1.21 bits per heavy atom. The summed E-state index contributed by atoms with van der Waals surface area (Å²) in [6, 6.07) is 0. The molecule has 1 rings (SSSR count). The van der Waals surface area contributed by atoms with Gasteiger partial charge >= 0.3 is 123 Å². The van der Waals surface area contributed by atoms with Crippen molar-refractivity contribution in [3.05, 3.63) is 20.6 Å². The van der Waals surface area contributed by atoms with E-state index in [-0.39, 0.29) is 35.6 Å². The zero-order valence-corrected chi connectivity index (χ0v) is 18.8. The van der Waals surface area contributed by atoms with Gasteiger partial charge in [0.2, 0.25) is 0 Å². The van der Waals surface area contributed by atoms with Crippen LogP contribution in [-0.4, -0.2) is 10.2 Å². The largest absolute Gasteiger partial charge is 1.00 e. The summed E-state index contributed by atoms with van der Waals surface area (Å²) >= 11 is 2.36. The van der Waals surface area contributed by atoms with Crippen molar-refractivity contribution in [2.45, 2.75) is 60.4 Å². The first-order chi connectivity index (χ1) is 7.31. The topological polar surface area (TPSA) is 0 Å². The second kappa shape index (κ2) is 6.40. The molecule has 0 radical (unpaired) electrons. The van der Waals surface area contributed by atoms with Crippen LogP contribution in [0.5, 0.6) is 0 Å². The molecule has 0 aromatic carbocycles. The molecule has 0 aliphatic heterocycles. The molecule has 0 bridgehead atoms. The fourth-order valence-electron chi connectivity index (χ4n) is 2.81. The summed E-state index contributed by atoms with van der Waals surface area (Å²) in [7, 11) is 1.21. The summed E-state index contributed by atoms with van der Waals surface area (Å²) in [5, 5.41) is 0.366. The molecule has 0 aromatic heterocycles. The van der Waals surface area contributed by atoms with Crippen LogP contribution < -0.4 is 24.8 Å². The maximum atomic E-state index is 2.42. The van der Waals surface area contributed by atoms with Crippen molar-refractivity contribution in [1.29, 1.82) is 0 Å². The van der Waals surface area contributed by atoms with E-state index >= 15 is 0 Å². The average Bonchev–Trinajstić information content (AvgIpc) is 2.23. The van der Waals surface area contributed by atoms with Crippen molar-refractivity contribution in [1.82, 2.24) is 0 Å². The van der Waals surface area contributed by atoms with E-state index in [4.69, 9.17) is 0 Å². The standard InChI is InChI=1S/C15H27Si.2ClH.Ti/c1-10-12(14(5,6)7)11(13(2,3)4)9-15(10,8)16;;;/h1-8,16H3;2*1H;/q;;;+2/p-2. The van der Waals surface area contributed by atoms with E-state index in [0.717, 1.165) is 0 Å². The SMILES string of the molecule is CC1=C(C(C)(C)C)C(C(C)(C)C)=[C]([Ti+2])C1(C)[SiH3].[Cl-].[Cl-]. The predicted molar refractivity (Wildman–Crippen MR) is 76.9 cm³/mol. The second-order valence-electron chi connectivity index (χ2n) is 7.88. The molecule has 4 heteroatoms. The normalized spacial score (nSPS) is 24.5. The number of hydrogen-bond acceptors (Lipinski definition) is 0. The van der Waals surface area contributed by atoms with Crippen LogP contribution in [0.2, 0.25) is 5.04 Å². The summed E-state index contributed by atoms with van der Waals surface area (Å²) in [6.07, 6.45) is 0. The van der Waals surface area contributed by atoms with Crippen molar-refractivity contribution < 1.29 is 45.2 Å². The molecule has 1 atom stereocenters. The van der Waals surface area contributed by atoms with E-state index in [1.165, 1.54) is 10.2 Å². The molecule has 0 amide bonds. The molecule has 1 aliphatic rings. The van der Waals surface area contributed by atoms with Crippen molar-refractivity contribution in [3.63, 3.8) is 0 Å². The summed E-state index contributed by atoms with van der Waals surface area (Å²) in [5.41, 5.74) is 5.39. The maximum Gasteiger partial charge on any atom is -1.00 e. The third-order valence-corrected chi connectivity index (χ3v) is 7.33. The van der Waals surface area contributed by atoms with Gasteiger partial charge in [0.05, 0.1) is 0 Å². The average molecular weight is 354 g/mol. The number of halogens is 2. The van der Waals surface area contributed by atoms with E-state index in [9.17, 15) is 0 Å². The number of hydrogen-bond donors (Lipinski definition) is 0. The monoisotopic (exact) mass is 353 g/mol. The first kappa shape index (κ1) is 22.3. The van der Waals surface area contributed by atoms with Crippen molar-refractivity contribution in [2.75, 3.05) is 0 Å². The Kier molecular flexibility index (Phi) is 7.50. The summed E-state index contributed by atoms with van der Waals surface area (Å²) in [6.45, 7) is 18.9. The van der Waals surface area contributed by atoms with Crippen molar-refractivity contribution in [2.24, 2.45) is 10.8 Å². The Morgan fingerprint density at radius 1 is 0.895 bits per heavy atom. The fourth-order valence-corrected chi connectivity index (χ4v) is 4.39. The zero-order chi connectivity index (χ0) is 13.8. The molecular weight excluding hydrogens is 327 g/mol. The van der Waals surface area contributed by atoms with Gasteiger partial charge in [-0.3, -0.25) is 0 Å². The molecule has 0 N–H and O–H groups in total. The fraction of sp³-hybridized carbons (Fsp3) is 0.733. The third kappa shape index (κ3) is 4.01. The molecule has 0 saturated heterocycles. The van der Waals surface area contributed by atoms with E-state index in [1.54, 1.807) is 20.6 Å². The van der Waals surface area contributed by atoms with Crippen LogP contribution >= 0.6 is 0 Å². The Bertz CT molecular complexity index is 369. The predicted octanol–water partition coefficient (Wildman–Crippen LogP) is -2.24. The molecular formula is C15H27Cl2SiTi.